The zero-order chi connectivity index (χ0) is 34.3. The van der Waals surface area contributed by atoms with Gasteiger partial charge in [-0.15, -0.1) is 0 Å². The van der Waals surface area contributed by atoms with Gasteiger partial charge in [0.1, 0.15) is 24.4 Å². The summed E-state index contributed by atoms with van der Waals surface area (Å²) in [7, 11) is 0. The van der Waals surface area contributed by atoms with Crippen molar-refractivity contribution in [1.29, 1.82) is 0 Å². The predicted molar refractivity (Wildman–Crippen MR) is 170 cm³/mol. The number of rotatable bonds is 5. The lowest BCUT2D eigenvalue weighted by atomic mass is 9.41. The SMILES string of the molecule is CC(=O)O[C@H]([C@H]1C[C@@H](C)[C@H]2[C@@H](O1)C(=O)[C@@]1(C)[C@@H]3CC[C@H]4C(C)(C)[C@@H](O[C@@H]5OC[C@@H](O)[C@H](O)[C@H]5O)CC[C@@]45C[C@]35CC[C@]21C)C(C)(C)O. The highest BCUT2D eigenvalue weighted by molar-refractivity contribution is 5.93. The minimum atomic E-state index is -1.31. The Morgan fingerprint density at radius 1 is 0.979 bits per heavy atom. The second kappa shape index (κ2) is 10.7. The maximum Gasteiger partial charge on any atom is 0.303 e. The fourth-order valence-electron chi connectivity index (χ4n) is 13.4. The van der Waals surface area contributed by atoms with Crippen LogP contribution in [0.4, 0.5) is 0 Å². The van der Waals surface area contributed by atoms with Crippen molar-refractivity contribution in [1.82, 2.24) is 0 Å². The number of fused-ring (bicyclic) bond motifs is 4. The van der Waals surface area contributed by atoms with Crippen molar-refractivity contribution in [3.8, 4) is 0 Å². The molecule has 10 nitrogen and oxygen atoms in total. The Kier molecular flexibility index (Phi) is 7.80. The van der Waals surface area contributed by atoms with Crippen LogP contribution >= 0.6 is 0 Å². The number of carbonyl (C=O) groups excluding carboxylic acids is 2. The second-order valence-corrected chi connectivity index (χ2v) is 18.4. The number of aliphatic hydroxyl groups is 4. The molecular weight excluding hydrogens is 604 g/mol. The van der Waals surface area contributed by atoms with E-state index in [9.17, 15) is 30.0 Å². The molecule has 7 fully saturated rings. The number of aliphatic hydroxyl groups excluding tert-OH is 3. The van der Waals surface area contributed by atoms with Gasteiger partial charge in [0.15, 0.2) is 18.2 Å². The quantitative estimate of drug-likeness (QED) is 0.254. The lowest BCUT2D eigenvalue weighted by molar-refractivity contribution is -0.302. The van der Waals surface area contributed by atoms with E-state index in [1.54, 1.807) is 13.8 Å². The maximum atomic E-state index is 15.0. The minimum Gasteiger partial charge on any atom is -0.457 e. The van der Waals surface area contributed by atoms with Crippen molar-refractivity contribution in [2.45, 2.75) is 161 Å². The monoisotopic (exact) mass is 662 g/mol. The first-order valence-corrected chi connectivity index (χ1v) is 18.2. The van der Waals surface area contributed by atoms with Gasteiger partial charge in [0.2, 0.25) is 0 Å². The Morgan fingerprint density at radius 3 is 2.30 bits per heavy atom. The van der Waals surface area contributed by atoms with Gasteiger partial charge in [-0.25, -0.2) is 0 Å². The minimum absolute atomic E-state index is 0.0668. The molecule has 7 aliphatic rings. The molecular formula is C37H58O10. The topological polar surface area (TPSA) is 152 Å². The third-order valence-corrected chi connectivity index (χ3v) is 15.6. The molecule has 10 heteroatoms. The van der Waals surface area contributed by atoms with E-state index in [4.69, 9.17) is 18.9 Å². The molecule has 2 saturated heterocycles. The molecule has 0 aromatic carbocycles. The first-order chi connectivity index (χ1) is 21.8. The van der Waals surface area contributed by atoms with Crippen LogP contribution in [0.1, 0.15) is 107 Å². The van der Waals surface area contributed by atoms with Gasteiger partial charge in [-0.3, -0.25) is 9.59 Å². The standard InChI is InChI=1S/C37H58O10/c1-18-15-21(30(33(5,6)43)45-19(2)38)46-28-25(18)34(7)13-14-37-17-36(37)12-11-24(47-31-27(41)26(40)20(39)16-44-31)32(3,4)22(36)9-10-23(37)35(34,8)29(28)42/h18,20-28,30-31,39-41,43H,9-17H2,1-8H3/t18-,20-,21-,22+,23+,24+,25+,26+,27-,28-,30-,31+,34-,35-,36-,37-/m1/s1. The van der Waals surface area contributed by atoms with Gasteiger partial charge >= 0.3 is 5.97 Å². The fourth-order valence-corrected chi connectivity index (χ4v) is 13.4. The summed E-state index contributed by atoms with van der Waals surface area (Å²) in [6, 6.07) is 0. The molecule has 0 unspecified atom stereocenters. The summed E-state index contributed by atoms with van der Waals surface area (Å²) in [4.78, 5) is 27.0. The molecule has 0 amide bonds. The van der Waals surface area contributed by atoms with Crippen molar-refractivity contribution in [3.63, 3.8) is 0 Å². The Labute approximate surface area is 279 Å². The smallest absolute Gasteiger partial charge is 0.303 e. The largest absolute Gasteiger partial charge is 0.457 e. The Morgan fingerprint density at radius 2 is 1.64 bits per heavy atom. The van der Waals surface area contributed by atoms with E-state index in [-0.39, 0.29) is 57.9 Å². The van der Waals surface area contributed by atoms with Crippen molar-refractivity contribution in [3.05, 3.63) is 0 Å². The molecule has 4 N–H and O–H groups in total. The Bertz CT molecular complexity index is 1290. The third-order valence-electron chi connectivity index (χ3n) is 15.6. The van der Waals surface area contributed by atoms with E-state index in [0.717, 1.165) is 44.9 Å². The summed E-state index contributed by atoms with van der Waals surface area (Å²) < 4.78 is 24.4. The highest BCUT2D eigenvalue weighted by Crippen LogP contribution is 2.89. The molecule has 266 valence electrons. The molecule has 7 rings (SSSR count). The van der Waals surface area contributed by atoms with Gasteiger partial charge in [-0.2, -0.15) is 0 Å². The highest BCUT2D eigenvalue weighted by Gasteiger charge is 2.85. The third kappa shape index (κ3) is 4.46. The van der Waals surface area contributed by atoms with E-state index in [0.29, 0.717) is 12.3 Å². The number of hydrogen-bond acceptors (Lipinski definition) is 10. The zero-order valence-corrected chi connectivity index (χ0v) is 29.5. The van der Waals surface area contributed by atoms with Crippen LogP contribution in [0.25, 0.3) is 0 Å². The van der Waals surface area contributed by atoms with E-state index in [1.807, 2.05) is 0 Å². The molecule has 5 aliphatic carbocycles. The Hall–Kier alpha value is -1.14. The molecule has 2 aliphatic heterocycles. The Balaban J connectivity index is 1.15. The van der Waals surface area contributed by atoms with E-state index in [2.05, 4.69) is 34.6 Å². The molecule has 0 bridgehead atoms. The normalized spacial score (nSPS) is 53.9. The van der Waals surface area contributed by atoms with Crippen molar-refractivity contribution in [2.24, 2.45) is 50.7 Å². The van der Waals surface area contributed by atoms with Crippen molar-refractivity contribution >= 4 is 11.8 Å². The summed E-state index contributed by atoms with van der Waals surface area (Å²) in [5.41, 5.74) is -2.06. The first kappa shape index (κ1) is 34.3. The van der Waals surface area contributed by atoms with Gasteiger partial charge in [0, 0.05) is 18.3 Å². The molecule has 0 radical (unpaired) electrons. The molecule has 47 heavy (non-hydrogen) atoms. The highest BCUT2D eigenvalue weighted by atomic mass is 16.7. The average Bonchev–Trinajstić information content (AvgIpc) is 3.61. The van der Waals surface area contributed by atoms with E-state index in [1.165, 1.54) is 6.92 Å². The molecule has 2 spiro atoms. The molecule has 0 aromatic rings. The van der Waals surface area contributed by atoms with Crippen LogP contribution in [-0.2, 0) is 28.5 Å². The lowest BCUT2D eigenvalue weighted by Crippen LogP contribution is -2.60. The second-order valence-electron chi connectivity index (χ2n) is 18.4. The molecule has 0 aromatic heterocycles. The summed E-state index contributed by atoms with van der Waals surface area (Å²) in [6.45, 7) is 15.9. The summed E-state index contributed by atoms with van der Waals surface area (Å²) in [5, 5.41) is 41.8. The fraction of sp³-hybridized carbons (Fsp3) is 0.946. The molecule has 5 saturated carbocycles. The van der Waals surface area contributed by atoms with Gasteiger partial charge in [0.25, 0.3) is 0 Å². The van der Waals surface area contributed by atoms with Gasteiger partial charge in [0.05, 0.1) is 24.4 Å². The summed E-state index contributed by atoms with van der Waals surface area (Å²) in [5.74, 6) is 0.603. The van der Waals surface area contributed by atoms with E-state index < -0.39 is 59.9 Å². The van der Waals surface area contributed by atoms with Crippen LogP contribution in [0.5, 0.6) is 0 Å². The maximum absolute atomic E-state index is 15.0. The number of carbonyl (C=O) groups is 2. The van der Waals surface area contributed by atoms with Crippen molar-refractivity contribution < 1.29 is 49.0 Å². The van der Waals surface area contributed by atoms with Crippen molar-refractivity contribution in [2.75, 3.05) is 6.61 Å². The van der Waals surface area contributed by atoms with Crippen LogP contribution in [0, 0.1) is 50.7 Å². The number of hydrogen-bond donors (Lipinski definition) is 4. The van der Waals surface area contributed by atoms with Crippen LogP contribution in [-0.4, -0.2) is 93.4 Å². The number of Topliss-reactive ketones (excluding diaryl/α,β-unsaturated/α-hetero) is 1. The number of ketones is 1. The van der Waals surface area contributed by atoms with Crippen LogP contribution in [0.15, 0.2) is 0 Å². The first-order valence-electron chi connectivity index (χ1n) is 18.2. The summed E-state index contributed by atoms with van der Waals surface area (Å²) >= 11 is 0. The number of ether oxygens (including phenoxy) is 4. The average molecular weight is 663 g/mol. The zero-order valence-electron chi connectivity index (χ0n) is 29.5. The van der Waals surface area contributed by atoms with Crippen LogP contribution < -0.4 is 0 Å². The van der Waals surface area contributed by atoms with Gasteiger partial charge in [-0.1, -0.05) is 34.6 Å². The number of esters is 1. The predicted octanol–water partition coefficient (Wildman–Crippen LogP) is 3.53. The molecule has 16 atom stereocenters. The lowest BCUT2D eigenvalue weighted by Gasteiger charge is -2.62. The van der Waals surface area contributed by atoms with Gasteiger partial charge < -0.3 is 39.4 Å². The van der Waals surface area contributed by atoms with E-state index >= 15 is 0 Å². The van der Waals surface area contributed by atoms with Crippen LogP contribution in [0.2, 0.25) is 0 Å². The van der Waals surface area contributed by atoms with Gasteiger partial charge in [-0.05, 0) is 105 Å². The molecule has 2 heterocycles. The van der Waals surface area contributed by atoms with Crippen LogP contribution in [0.3, 0.4) is 0 Å². The summed E-state index contributed by atoms with van der Waals surface area (Å²) in [6.07, 6.45) is 0.691.